The summed E-state index contributed by atoms with van der Waals surface area (Å²) in [5, 5.41) is 9.87. The van der Waals surface area contributed by atoms with Crippen LogP contribution in [0.4, 0.5) is 0 Å². The summed E-state index contributed by atoms with van der Waals surface area (Å²) in [6.45, 7) is 8.45. The van der Waals surface area contributed by atoms with Gasteiger partial charge in [-0.15, -0.1) is 0 Å². The molecule has 243 valence electrons. The van der Waals surface area contributed by atoms with E-state index in [-0.39, 0.29) is 6.10 Å². The first-order valence-electron chi connectivity index (χ1n) is 19.0. The van der Waals surface area contributed by atoms with Crippen molar-refractivity contribution in [2.24, 2.45) is 5.92 Å². The first-order chi connectivity index (χ1) is 20.2. The minimum absolute atomic E-state index is 0.386. The molecule has 0 aromatic carbocycles. The highest BCUT2D eigenvalue weighted by molar-refractivity contribution is 4.82. The van der Waals surface area contributed by atoms with Crippen molar-refractivity contribution in [3.8, 4) is 0 Å². The third-order valence-electron chi connectivity index (χ3n) is 8.85. The van der Waals surface area contributed by atoms with Crippen LogP contribution in [-0.2, 0) is 0 Å². The van der Waals surface area contributed by atoms with Gasteiger partial charge in [0, 0.05) is 0 Å². The lowest BCUT2D eigenvalue weighted by molar-refractivity contribution is 0.174. The molecule has 1 atom stereocenters. The topological polar surface area (TPSA) is 20.2 Å². The van der Waals surface area contributed by atoms with E-state index in [1.54, 1.807) is 0 Å². The van der Waals surface area contributed by atoms with E-state index in [2.05, 4.69) is 45.1 Å². The van der Waals surface area contributed by atoms with Gasteiger partial charge in [-0.05, 0) is 70.6 Å². The SMILES string of the molecule is [CH2]C(O)CC(CCCCCCCC/C=C\CCCCCCCC)CCCCCCCC/C=C\CCCCCCCC. The Balaban J connectivity index is 3.55. The van der Waals surface area contributed by atoms with Crippen molar-refractivity contribution in [2.45, 2.75) is 219 Å². The summed E-state index contributed by atoms with van der Waals surface area (Å²) in [4.78, 5) is 0. The van der Waals surface area contributed by atoms with Crippen molar-refractivity contribution < 1.29 is 5.11 Å². The summed E-state index contributed by atoms with van der Waals surface area (Å²) in [7, 11) is 0. The predicted molar refractivity (Wildman–Crippen MR) is 188 cm³/mol. The van der Waals surface area contributed by atoms with Gasteiger partial charge in [-0.2, -0.15) is 0 Å². The zero-order valence-electron chi connectivity index (χ0n) is 28.5. The molecule has 1 heteroatoms. The first kappa shape index (κ1) is 40.4. The highest BCUT2D eigenvalue weighted by Gasteiger charge is 2.11. The number of aliphatic hydroxyl groups excluding tert-OH is 1. The summed E-state index contributed by atoms with van der Waals surface area (Å²) >= 11 is 0. The highest BCUT2D eigenvalue weighted by atomic mass is 16.3. The fourth-order valence-corrected chi connectivity index (χ4v) is 6.13. The van der Waals surface area contributed by atoms with Crippen molar-refractivity contribution in [1.29, 1.82) is 0 Å². The molecule has 0 rings (SSSR count). The van der Waals surface area contributed by atoms with Gasteiger partial charge < -0.3 is 5.11 Å². The van der Waals surface area contributed by atoms with Crippen LogP contribution in [0.5, 0.6) is 0 Å². The van der Waals surface area contributed by atoms with Crippen LogP contribution < -0.4 is 0 Å². The highest BCUT2D eigenvalue weighted by Crippen LogP contribution is 2.23. The second kappa shape index (κ2) is 35.6. The Morgan fingerprint density at radius 2 is 0.683 bits per heavy atom. The Labute approximate surface area is 260 Å². The van der Waals surface area contributed by atoms with Crippen molar-refractivity contribution in [2.75, 3.05) is 0 Å². The molecule has 0 aromatic rings. The largest absolute Gasteiger partial charge is 0.393 e. The van der Waals surface area contributed by atoms with Gasteiger partial charge in [0.15, 0.2) is 0 Å². The number of hydrogen-bond acceptors (Lipinski definition) is 1. The Kier molecular flexibility index (Phi) is 35.1. The maximum Gasteiger partial charge on any atom is 0.0543 e. The zero-order valence-corrected chi connectivity index (χ0v) is 28.5. The summed E-state index contributed by atoms with van der Waals surface area (Å²) in [6, 6.07) is 0. The molecule has 0 saturated carbocycles. The Bertz CT molecular complexity index is 477. The van der Waals surface area contributed by atoms with Gasteiger partial charge in [-0.1, -0.05) is 179 Å². The lowest BCUT2D eigenvalue weighted by Gasteiger charge is -2.18. The molecule has 0 aliphatic rings. The Morgan fingerprint density at radius 1 is 0.415 bits per heavy atom. The second-order valence-electron chi connectivity index (χ2n) is 13.2. The molecule has 1 nitrogen and oxygen atoms in total. The standard InChI is InChI=1S/C40H77O/c1-4-6-8-10-12-14-16-18-20-22-24-26-28-30-32-34-36-40(38-39(3)41)37-35-33-31-29-27-25-23-21-19-17-15-13-11-9-7-5-2/h18-21,39-41H,3-17,22-38H2,1-2H3/b20-18-,21-19-. The van der Waals surface area contributed by atoms with Crippen LogP contribution in [0, 0.1) is 12.8 Å². The molecule has 41 heavy (non-hydrogen) atoms. The molecule has 0 saturated heterocycles. The normalized spacial score (nSPS) is 12.9. The van der Waals surface area contributed by atoms with Gasteiger partial charge in [0.05, 0.1) is 6.10 Å². The van der Waals surface area contributed by atoms with Gasteiger partial charge in [-0.25, -0.2) is 0 Å². The van der Waals surface area contributed by atoms with Crippen molar-refractivity contribution in [3.63, 3.8) is 0 Å². The summed E-state index contributed by atoms with van der Waals surface area (Å²) in [6.07, 6.45) is 51.2. The maximum absolute atomic E-state index is 9.87. The van der Waals surface area contributed by atoms with Crippen LogP contribution in [0.15, 0.2) is 24.3 Å². The molecule has 0 aliphatic carbocycles. The Morgan fingerprint density at radius 3 is 0.976 bits per heavy atom. The van der Waals surface area contributed by atoms with E-state index < -0.39 is 0 Å². The van der Waals surface area contributed by atoms with Crippen molar-refractivity contribution in [1.82, 2.24) is 0 Å². The molecule has 1 N–H and O–H groups in total. The third kappa shape index (κ3) is 35.5. The third-order valence-corrected chi connectivity index (χ3v) is 8.85. The molecule has 0 aliphatic heterocycles. The monoisotopic (exact) mass is 574 g/mol. The molecule has 1 radical (unpaired) electrons. The molecule has 0 aromatic heterocycles. The molecule has 0 amide bonds. The van der Waals surface area contributed by atoms with Crippen LogP contribution in [0.25, 0.3) is 0 Å². The summed E-state index contributed by atoms with van der Waals surface area (Å²) < 4.78 is 0. The minimum Gasteiger partial charge on any atom is -0.393 e. The van der Waals surface area contributed by atoms with Gasteiger partial charge in [0.1, 0.15) is 0 Å². The van der Waals surface area contributed by atoms with Crippen LogP contribution >= 0.6 is 0 Å². The number of aliphatic hydroxyl groups is 1. The summed E-state index contributed by atoms with van der Waals surface area (Å²) in [5.74, 6) is 0.677. The number of rotatable bonds is 34. The molecular weight excluding hydrogens is 496 g/mol. The number of unbranched alkanes of at least 4 members (excludes halogenated alkanes) is 24. The fraction of sp³-hybridized carbons (Fsp3) is 0.875. The van der Waals surface area contributed by atoms with E-state index in [1.807, 2.05) is 0 Å². The molecule has 1 unspecified atom stereocenters. The quantitative estimate of drug-likeness (QED) is 0.0599. The van der Waals surface area contributed by atoms with Crippen molar-refractivity contribution >= 4 is 0 Å². The van der Waals surface area contributed by atoms with E-state index in [4.69, 9.17) is 0 Å². The van der Waals surface area contributed by atoms with Crippen LogP contribution in [-0.4, -0.2) is 11.2 Å². The van der Waals surface area contributed by atoms with Crippen molar-refractivity contribution in [3.05, 3.63) is 31.2 Å². The Hall–Kier alpha value is -0.560. The molecular formula is C40H77O. The van der Waals surface area contributed by atoms with Gasteiger partial charge in [-0.3, -0.25) is 0 Å². The van der Waals surface area contributed by atoms with Crippen LogP contribution in [0.2, 0.25) is 0 Å². The summed E-state index contributed by atoms with van der Waals surface area (Å²) in [5.41, 5.74) is 0. The van der Waals surface area contributed by atoms with Gasteiger partial charge in [0.25, 0.3) is 0 Å². The van der Waals surface area contributed by atoms with E-state index >= 15 is 0 Å². The lowest BCUT2D eigenvalue weighted by atomic mass is 9.90. The van der Waals surface area contributed by atoms with Crippen LogP contribution in [0.1, 0.15) is 213 Å². The van der Waals surface area contributed by atoms with E-state index in [0.717, 1.165) is 6.42 Å². The lowest BCUT2D eigenvalue weighted by Crippen LogP contribution is -2.10. The zero-order chi connectivity index (χ0) is 29.9. The van der Waals surface area contributed by atoms with Gasteiger partial charge >= 0.3 is 0 Å². The molecule has 0 bridgehead atoms. The maximum atomic E-state index is 9.87. The molecule has 0 fully saturated rings. The average molecular weight is 574 g/mol. The van der Waals surface area contributed by atoms with Gasteiger partial charge in [0.2, 0.25) is 0 Å². The first-order valence-corrected chi connectivity index (χ1v) is 19.0. The minimum atomic E-state index is -0.386. The van der Waals surface area contributed by atoms with E-state index in [0.29, 0.717) is 5.92 Å². The molecule has 0 heterocycles. The van der Waals surface area contributed by atoms with E-state index in [1.165, 1.54) is 193 Å². The van der Waals surface area contributed by atoms with Crippen LogP contribution in [0.3, 0.4) is 0 Å². The molecule has 0 spiro atoms. The smallest absolute Gasteiger partial charge is 0.0543 e. The average Bonchev–Trinajstić information content (AvgIpc) is 2.96. The van der Waals surface area contributed by atoms with E-state index in [9.17, 15) is 5.11 Å². The fourth-order valence-electron chi connectivity index (χ4n) is 6.13. The second-order valence-corrected chi connectivity index (χ2v) is 13.2. The predicted octanol–water partition coefficient (Wildman–Crippen LogP) is 14.0. The number of hydrogen-bond donors (Lipinski definition) is 1. The number of allylic oxidation sites excluding steroid dienone is 4.